The van der Waals surface area contributed by atoms with Gasteiger partial charge in [-0.05, 0) is 43.5 Å². The van der Waals surface area contributed by atoms with Crippen molar-refractivity contribution >= 4 is 0 Å². The van der Waals surface area contributed by atoms with E-state index >= 15 is 0 Å². The second kappa shape index (κ2) is 4.59. The maximum Gasteiger partial charge on any atom is 0.416 e. The first-order chi connectivity index (χ1) is 9.04. The lowest BCUT2D eigenvalue weighted by Gasteiger charge is -2.17. The van der Waals surface area contributed by atoms with Crippen LogP contribution in [0.3, 0.4) is 0 Å². The van der Waals surface area contributed by atoms with Crippen molar-refractivity contribution < 1.29 is 22.6 Å². The molecule has 104 valence electrons. The summed E-state index contributed by atoms with van der Waals surface area (Å²) in [6, 6.07) is 2.62. The average Bonchev–Trinajstić information content (AvgIpc) is 2.96. The maximum atomic E-state index is 13.1. The minimum absolute atomic E-state index is 0.0161. The molecule has 6 heteroatoms. The molecule has 0 aromatic heterocycles. The van der Waals surface area contributed by atoms with Crippen LogP contribution in [-0.2, 0) is 12.6 Å². The van der Waals surface area contributed by atoms with Crippen molar-refractivity contribution in [2.75, 3.05) is 13.3 Å². The third-order valence-electron chi connectivity index (χ3n) is 3.53. The highest BCUT2D eigenvalue weighted by Gasteiger charge is 2.36. The molecular weight excluding hydrogens is 259 g/mol. The highest BCUT2D eigenvalue weighted by atomic mass is 19.4. The van der Waals surface area contributed by atoms with Gasteiger partial charge in [-0.25, -0.2) is 0 Å². The second-order valence-corrected chi connectivity index (χ2v) is 4.86. The normalized spacial score (nSPS) is 21.9. The van der Waals surface area contributed by atoms with E-state index in [1.807, 2.05) is 0 Å². The van der Waals surface area contributed by atoms with Gasteiger partial charge in [0, 0.05) is 6.04 Å². The Morgan fingerprint density at radius 1 is 1.21 bits per heavy atom. The largest absolute Gasteiger partial charge is 0.454 e. The zero-order chi connectivity index (χ0) is 13.5. The van der Waals surface area contributed by atoms with Gasteiger partial charge < -0.3 is 14.8 Å². The minimum atomic E-state index is -4.37. The fourth-order valence-electron chi connectivity index (χ4n) is 2.61. The molecule has 3 nitrogen and oxygen atoms in total. The first-order valence-electron chi connectivity index (χ1n) is 6.27. The number of hydrogen-bond donors (Lipinski definition) is 1. The molecule has 2 aliphatic heterocycles. The molecule has 0 radical (unpaired) electrons. The van der Waals surface area contributed by atoms with Crippen molar-refractivity contribution in [2.45, 2.75) is 31.5 Å². The quantitative estimate of drug-likeness (QED) is 0.898. The molecule has 3 rings (SSSR count). The standard InChI is InChI=1S/C13H14F3NO2/c14-13(15,16)10-6-12-11(18-7-19-12)5-8(10)4-9-2-1-3-17-9/h5-6,9,17H,1-4,7H2. The number of hydrogen-bond acceptors (Lipinski definition) is 3. The molecule has 0 aliphatic carbocycles. The Kier molecular flexibility index (Phi) is 3.05. The Labute approximate surface area is 108 Å². The van der Waals surface area contributed by atoms with E-state index in [1.165, 1.54) is 6.07 Å². The van der Waals surface area contributed by atoms with Gasteiger partial charge in [-0.3, -0.25) is 0 Å². The van der Waals surface area contributed by atoms with Crippen molar-refractivity contribution in [3.63, 3.8) is 0 Å². The van der Waals surface area contributed by atoms with E-state index < -0.39 is 11.7 Å². The van der Waals surface area contributed by atoms with E-state index in [1.54, 1.807) is 0 Å². The van der Waals surface area contributed by atoms with E-state index in [4.69, 9.17) is 9.47 Å². The zero-order valence-corrected chi connectivity index (χ0v) is 10.2. The smallest absolute Gasteiger partial charge is 0.416 e. The molecule has 1 aromatic rings. The summed E-state index contributed by atoms with van der Waals surface area (Å²) in [5.74, 6) is 0.580. The van der Waals surface area contributed by atoms with Crippen molar-refractivity contribution in [3.05, 3.63) is 23.3 Å². The van der Waals surface area contributed by atoms with Crippen molar-refractivity contribution in [3.8, 4) is 11.5 Å². The minimum Gasteiger partial charge on any atom is -0.454 e. The van der Waals surface area contributed by atoms with E-state index in [0.717, 1.165) is 25.5 Å². The fourth-order valence-corrected chi connectivity index (χ4v) is 2.61. The Balaban J connectivity index is 1.95. The van der Waals surface area contributed by atoms with Crippen molar-refractivity contribution in [2.24, 2.45) is 0 Å². The highest BCUT2D eigenvalue weighted by molar-refractivity contribution is 5.50. The van der Waals surface area contributed by atoms with Gasteiger partial charge >= 0.3 is 6.18 Å². The number of fused-ring (bicyclic) bond motifs is 1. The molecule has 1 N–H and O–H groups in total. The molecule has 1 saturated heterocycles. The molecule has 1 aromatic carbocycles. The van der Waals surface area contributed by atoms with Gasteiger partial charge in [0.05, 0.1) is 5.56 Å². The summed E-state index contributed by atoms with van der Waals surface area (Å²) in [4.78, 5) is 0. The molecule has 1 fully saturated rings. The molecule has 0 spiro atoms. The zero-order valence-electron chi connectivity index (χ0n) is 10.2. The van der Waals surface area contributed by atoms with Crippen LogP contribution >= 0.6 is 0 Å². The van der Waals surface area contributed by atoms with Gasteiger partial charge in [0.2, 0.25) is 6.79 Å². The van der Waals surface area contributed by atoms with Gasteiger partial charge in [0.25, 0.3) is 0 Å². The summed E-state index contributed by atoms with van der Waals surface area (Å²) in [5, 5.41) is 3.21. The fraction of sp³-hybridized carbons (Fsp3) is 0.538. The number of rotatable bonds is 2. The van der Waals surface area contributed by atoms with Gasteiger partial charge in [-0.15, -0.1) is 0 Å². The molecule has 0 bridgehead atoms. The molecule has 1 unspecified atom stereocenters. The molecule has 0 amide bonds. The number of alkyl halides is 3. The van der Waals surface area contributed by atoms with Crippen molar-refractivity contribution in [1.82, 2.24) is 5.32 Å². The summed E-state index contributed by atoms with van der Waals surface area (Å²) < 4.78 is 49.4. The molecule has 1 atom stereocenters. The topological polar surface area (TPSA) is 30.5 Å². The van der Waals surface area contributed by atoms with Gasteiger partial charge in [0.15, 0.2) is 11.5 Å². The van der Waals surface area contributed by atoms with Crippen LogP contribution in [0.2, 0.25) is 0 Å². The molecule has 0 saturated carbocycles. The van der Waals surface area contributed by atoms with Crippen LogP contribution in [0.15, 0.2) is 12.1 Å². The molecule has 19 heavy (non-hydrogen) atoms. The summed E-state index contributed by atoms with van der Waals surface area (Å²) in [6.45, 7) is 0.855. The Hall–Kier alpha value is -1.43. The molecular formula is C13H14F3NO2. The number of nitrogens with one attached hydrogen (secondary N) is 1. The van der Waals surface area contributed by atoms with E-state index in [-0.39, 0.29) is 24.1 Å². The Bertz CT molecular complexity index is 482. The maximum absolute atomic E-state index is 13.1. The lowest BCUT2D eigenvalue weighted by molar-refractivity contribution is -0.138. The summed E-state index contributed by atoms with van der Waals surface area (Å²) in [7, 11) is 0. The predicted molar refractivity (Wildman–Crippen MR) is 62.3 cm³/mol. The van der Waals surface area contributed by atoms with Gasteiger partial charge in [0.1, 0.15) is 0 Å². The third kappa shape index (κ3) is 2.49. The van der Waals surface area contributed by atoms with E-state index in [9.17, 15) is 13.2 Å². The Morgan fingerprint density at radius 2 is 1.95 bits per heavy atom. The first-order valence-corrected chi connectivity index (χ1v) is 6.27. The third-order valence-corrected chi connectivity index (χ3v) is 3.53. The van der Waals surface area contributed by atoms with Crippen LogP contribution in [0.5, 0.6) is 11.5 Å². The van der Waals surface area contributed by atoms with Crippen LogP contribution in [0, 0.1) is 0 Å². The lowest BCUT2D eigenvalue weighted by atomic mass is 9.98. The van der Waals surface area contributed by atoms with Crippen LogP contribution in [0.25, 0.3) is 0 Å². The van der Waals surface area contributed by atoms with E-state index in [2.05, 4.69) is 5.32 Å². The lowest BCUT2D eigenvalue weighted by Crippen LogP contribution is -2.25. The van der Waals surface area contributed by atoms with E-state index in [0.29, 0.717) is 12.2 Å². The number of ether oxygens (including phenoxy) is 2. The van der Waals surface area contributed by atoms with Crippen LogP contribution in [0.4, 0.5) is 13.2 Å². The Morgan fingerprint density at radius 3 is 2.58 bits per heavy atom. The van der Waals surface area contributed by atoms with Gasteiger partial charge in [-0.1, -0.05) is 0 Å². The summed E-state index contributed by atoms with van der Waals surface area (Å²) >= 11 is 0. The average molecular weight is 273 g/mol. The number of halogens is 3. The second-order valence-electron chi connectivity index (χ2n) is 4.86. The van der Waals surface area contributed by atoms with Crippen LogP contribution < -0.4 is 14.8 Å². The van der Waals surface area contributed by atoms with Gasteiger partial charge in [-0.2, -0.15) is 13.2 Å². The van der Waals surface area contributed by atoms with Crippen molar-refractivity contribution in [1.29, 1.82) is 0 Å². The predicted octanol–water partition coefficient (Wildman–Crippen LogP) is 2.73. The SMILES string of the molecule is FC(F)(F)c1cc2c(cc1CC1CCCN1)OCO2. The summed E-state index contributed by atoms with van der Waals surface area (Å²) in [6.07, 6.45) is -2.08. The highest BCUT2D eigenvalue weighted by Crippen LogP contribution is 2.41. The first kappa shape index (κ1) is 12.6. The molecule has 2 aliphatic rings. The monoisotopic (exact) mass is 273 g/mol. The van der Waals surface area contributed by atoms with Crippen LogP contribution in [-0.4, -0.2) is 19.4 Å². The molecule has 2 heterocycles. The summed E-state index contributed by atoms with van der Waals surface area (Å²) in [5.41, 5.74) is -0.346. The number of benzene rings is 1. The van der Waals surface area contributed by atoms with Crippen LogP contribution in [0.1, 0.15) is 24.0 Å².